The topological polar surface area (TPSA) is 134 Å². The van der Waals surface area contributed by atoms with Gasteiger partial charge in [-0.1, -0.05) is 65.8 Å². The number of ether oxygens (including phenoxy) is 2. The first-order valence-corrected chi connectivity index (χ1v) is 15.8. The highest BCUT2D eigenvalue weighted by Gasteiger charge is 2.41. The molecule has 240 valence electrons. The largest absolute Gasteiger partial charge is 0.462 e. The SMILES string of the molecule is CCC(=O)[C@H](C)[C@H](O)[C@@H](C)C[C@H](C)[C@H]1OC(=O)C[C@]2(O)CC=C(C)[C@H](O2)C(C)=CCCC[C@H](O)C=C[C@H](C)[C@@H](O)[C@H]1C. The van der Waals surface area contributed by atoms with Crippen LogP contribution in [0, 0.1) is 29.6 Å². The Balaban J connectivity index is 2.37. The Morgan fingerprint density at radius 2 is 1.74 bits per heavy atom. The fraction of sp³-hybridized carbons (Fsp3) is 0.765. The first-order valence-electron chi connectivity index (χ1n) is 15.8. The monoisotopic (exact) mass is 592 g/mol. The van der Waals surface area contributed by atoms with Crippen molar-refractivity contribution in [3.63, 3.8) is 0 Å². The number of aliphatic hydroxyl groups excluding tert-OH is 3. The summed E-state index contributed by atoms with van der Waals surface area (Å²) in [5, 5.41) is 44.0. The normalized spacial score (nSPS) is 35.0. The molecule has 2 bridgehead atoms. The van der Waals surface area contributed by atoms with Crippen molar-refractivity contribution in [2.45, 2.75) is 137 Å². The molecule has 2 aliphatic rings. The lowest BCUT2D eigenvalue weighted by molar-refractivity contribution is -0.230. The zero-order valence-electron chi connectivity index (χ0n) is 27.0. The maximum absolute atomic E-state index is 13.4. The molecule has 0 saturated heterocycles. The summed E-state index contributed by atoms with van der Waals surface area (Å²) in [4.78, 5) is 25.6. The zero-order chi connectivity index (χ0) is 31.8. The molecule has 0 aromatic carbocycles. The molecule has 8 heteroatoms. The van der Waals surface area contributed by atoms with E-state index in [-0.39, 0.29) is 36.4 Å². The average molecular weight is 593 g/mol. The van der Waals surface area contributed by atoms with Gasteiger partial charge >= 0.3 is 5.97 Å². The Morgan fingerprint density at radius 1 is 1.10 bits per heavy atom. The Morgan fingerprint density at radius 3 is 2.38 bits per heavy atom. The van der Waals surface area contributed by atoms with E-state index in [0.29, 0.717) is 19.3 Å². The number of allylic oxidation sites excluding steroid dienone is 1. The molecule has 0 aromatic heterocycles. The third-order valence-corrected chi connectivity index (χ3v) is 9.25. The van der Waals surface area contributed by atoms with Gasteiger partial charge in [-0.05, 0) is 62.5 Å². The Bertz CT molecular complexity index is 986. The van der Waals surface area contributed by atoms with Gasteiger partial charge in [-0.25, -0.2) is 0 Å². The molecule has 0 unspecified atom stereocenters. The van der Waals surface area contributed by atoms with E-state index in [9.17, 15) is 30.0 Å². The lowest BCUT2D eigenvalue weighted by Crippen LogP contribution is -2.45. The highest BCUT2D eigenvalue weighted by Crippen LogP contribution is 2.35. The van der Waals surface area contributed by atoms with E-state index in [4.69, 9.17) is 9.47 Å². The third-order valence-electron chi connectivity index (χ3n) is 9.25. The summed E-state index contributed by atoms with van der Waals surface area (Å²) in [7, 11) is 0. The Labute approximate surface area is 252 Å². The number of hydrogen-bond donors (Lipinski definition) is 4. The van der Waals surface area contributed by atoms with Crippen LogP contribution in [-0.4, -0.2) is 68.5 Å². The van der Waals surface area contributed by atoms with Gasteiger partial charge in [0.2, 0.25) is 0 Å². The predicted octanol–water partition coefficient (Wildman–Crippen LogP) is 5.03. The molecule has 2 rings (SSSR count). The van der Waals surface area contributed by atoms with E-state index in [1.807, 2.05) is 53.7 Å². The molecule has 42 heavy (non-hydrogen) atoms. The van der Waals surface area contributed by atoms with Crippen molar-refractivity contribution in [3.05, 3.63) is 35.5 Å². The van der Waals surface area contributed by atoms with Crippen molar-refractivity contribution >= 4 is 11.8 Å². The van der Waals surface area contributed by atoms with Gasteiger partial charge in [-0.15, -0.1) is 0 Å². The van der Waals surface area contributed by atoms with Crippen LogP contribution in [0.1, 0.15) is 100 Å². The minimum Gasteiger partial charge on any atom is -0.462 e. The molecule has 0 saturated carbocycles. The predicted molar refractivity (Wildman–Crippen MR) is 163 cm³/mol. The van der Waals surface area contributed by atoms with Crippen LogP contribution in [0.25, 0.3) is 0 Å². The second-order valence-corrected chi connectivity index (χ2v) is 13.1. The van der Waals surface area contributed by atoms with E-state index in [2.05, 4.69) is 0 Å². The van der Waals surface area contributed by atoms with Crippen LogP contribution < -0.4 is 0 Å². The second-order valence-electron chi connectivity index (χ2n) is 13.1. The van der Waals surface area contributed by atoms with Gasteiger partial charge in [0.05, 0.1) is 24.7 Å². The molecule has 0 aliphatic carbocycles. The number of hydrogen-bond acceptors (Lipinski definition) is 8. The second kappa shape index (κ2) is 16.3. The number of ketones is 1. The van der Waals surface area contributed by atoms with Crippen molar-refractivity contribution in [2.75, 3.05) is 0 Å². The summed E-state index contributed by atoms with van der Waals surface area (Å²) < 4.78 is 12.1. The van der Waals surface area contributed by atoms with Crippen LogP contribution >= 0.6 is 0 Å². The van der Waals surface area contributed by atoms with Crippen LogP contribution in [0.4, 0.5) is 0 Å². The number of carbonyl (C=O) groups excluding carboxylic acids is 2. The summed E-state index contributed by atoms with van der Waals surface area (Å²) in [6.07, 6.45) is 6.51. The van der Waals surface area contributed by atoms with Crippen molar-refractivity contribution in [1.82, 2.24) is 0 Å². The minimum atomic E-state index is -1.73. The molecule has 11 atom stereocenters. The van der Waals surface area contributed by atoms with Gasteiger partial charge in [-0.3, -0.25) is 9.59 Å². The molecule has 0 fully saturated rings. The molecular weight excluding hydrogens is 536 g/mol. The van der Waals surface area contributed by atoms with Crippen molar-refractivity contribution in [3.8, 4) is 0 Å². The van der Waals surface area contributed by atoms with E-state index in [0.717, 1.165) is 24.0 Å². The maximum atomic E-state index is 13.4. The summed E-state index contributed by atoms with van der Waals surface area (Å²) in [6, 6.07) is 0. The molecule has 2 heterocycles. The lowest BCUT2D eigenvalue weighted by Gasteiger charge is -2.38. The standard InChI is InChI=1S/C34H56O8/c1-9-28(36)25(7)31(39)23(5)18-24(6)33-26(8)30(38)20(2)14-15-27(35)13-11-10-12-21(3)32-22(4)16-17-34(40,42-32)19-29(37)41-33/h12,14-16,20,23-27,30-33,35,38-40H,9-11,13,17-19H2,1-8H3/t20-,23-,24-,25-,26+,27-,30+,31+,32+,33+,34-/m0/s1. The summed E-state index contributed by atoms with van der Waals surface area (Å²) >= 11 is 0. The van der Waals surface area contributed by atoms with Crippen LogP contribution in [-0.2, 0) is 19.1 Å². The van der Waals surface area contributed by atoms with Crippen LogP contribution in [0.3, 0.4) is 0 Å². The van der Waals surface area contributed by atoms with Crippen LogP contribution in [0.5, 0.6) is 0 Å². The molecular formula is C34H56O8. The van der Waals surface area contributed by atoms with Gasteiger partial charge in [0.1, 0.15) is 18.0 Å². The number of fused-ring (bicyclic) bond motifs is 2. The van der Waals surface area contributed by atoms with E-state index in [1.54, 1.807) is 26.0 Å². The maximum Gasteiger partial charge on any atom is 0.311 e. The van der Waals surface area contributed by atoms with Gasteiger partial charge in [-0.2, -0.15) is 0 Å². The van der Waals surface area contributed by atoms with Crippen LogP contribution in [0.15, 0.2) is 35.5 Å². The molecule has 0 radical (unpaired) electrons. The highest BCUT2D eigenvalue weighted by molar-refractivity contribution is 5.80. The molecule has 4 N–H and O–H groups in total. The molecule has 8 nitrogen and oxygen atoms in total. The quantitative estimate of drug-likeness (QED) is 0.239. The average Bonchev–Trinajstić information content (AvgIpc) is 2.95. The van der Waals surface area contributed by atoms with E-state index in [1.165, 1.54) is 0 Å². The summed E-state index contributed by atoms with van der Waals surface area (Å²) in [5.74, 6) is -4.25. The van der Waals surface area contributed by atoms with Gasteiger partial charge < -0.3 is 29.9 Å². The summed E-state index contributed by atoms with van der Waals surface area (Å²) in [6.45, 7) is 14.9. The zero-order valence-corrected chi connectivity index (χ0v) is 27.0. The molecule has 2 aliphatic heterocycles. The van der Waals surface area contributed by atoms with Crippen molar-refractivity contribution in [2.24, 2.45) is 29.6 Å². The number of esters is 1. The first-order chi connectivity index (χ1) is 19.6. The first kappa shape index (κ1) is 36.4. The number of aliphatic hydroxyl groups is 4. The van der Waals surface area contributed by atoms with Gasteiger partial charge in [0.15, 0.2) is 5.79 Å². The lowest BCUT2D eigenvalue weighted by atomic mass is 9.78. The number of rotatable bonds is 7. The van der Waals surface area contributed by atoms with Crippen molar-refractivity contribution in [1.29, 1.82) is 0 Å². The molecule has 0 spiro atoms. The van der Waals surface area contributed by atoms with E-state index < -0.39 is 54.1 Å². The minimum absolute atomic E-state index is 0.00960. The smallest absolute Gasteiger partial charge is 0.311 e. The fourth-order valence-electron chi connectivity index (χ4n) is 6.33. The highest BCUT2D eigenvalue weighted by atomic mass is 16.6. The number of cyclic esters (lactones) is 1. The Hall–Kier alpha value is -1.84. The molecule has 0 aromatic rings. The van der Waals surface area contributed by atoms with Crippen molar-refractivity contribution < 1.29 is 39.5 Å². The van der Waals surface area contributed by atoms with Gasteiger partial charge in [0, 0.05) is 30.6 Å². The number of carbonyl (C=O) groups is 2. The number of Topliss-reactive ketones (excluding diaryl/α,β-unsaturated/α-hetero) is 1. The summed E-state index contributed by atoms with van der Waals surface area (Å²) in [5.41, 5.74) is 1.89. The Kier molecular flexibility index (Phi) is 14.1. The third kappa shape index (κ3) is 10.1. The molecule has 0 amide bonds. The van der Waals surface area contributed by atoms with Gasteiger partial charge in [0.25, 0.3) is 0 Å². The van der Waals surface area contributed by atoms with Crippen LogP contribution in [0.2, 0.25) is 0 Å². The fourth-order valence-corrected chi connectivity index (χ4v) is 6.33. The van der Waals surface area contributed by atoms with E-state index >= 15 is 0 Å².